The summed E-state index contributed by atoms with van der Waals surface area (Å²) in [5, 5.41) is 13.8. The van der Waals surface area contributed by atoms with Gasteiger partial charge in [0.25, 0.3) is 0 Å². The van der Waals surface area contributed by atoms with Crippen molar-refractivity contribution in [3.8, 4) is 22.6 Å². The van der Waals surface area contributed by atoms with Crippen LogP contribution in [-0.4, -0.2) is 12.2 Å². The van der Waals surface area contributed by atoms with Crippen LogP contribution in [0.15, 0.2) is 47.8 Å². The van der Waals surface area contributed by atoms with Crippen molar-refractivity contribution in [3.05, 3.63) is 68.3 Å². The monoisotopic (exact) mass is 392 g/mol. The van der Waals surface area contributed by atoms with Crippen LogP contribution in [0.1, 0.15) is 24.3 Å². The van der Waals surface area contributed by atoms with E-state index in [1.807, 2.05) is 12.1 Å². The number of rotatable bonds is 4. The first-order chi connectivity index (χ1) is 11.8. The summed E-state index contributed by atoms with van der Waals surface area (Å²) in [4.78, 5) is 1.22. The summed E-state index contributed by atoms with van der Waals surface area (Å²) in [6, 6.07) is 13.0. The molecule has 0 radical (unpaired) electrons. The van der Waals surface area contributed by atoms with Crippen LogP contribution < -0.4 is 4.74 Å². The van der Waals surface area contributed by atoms with Gasteiger partial charge >= 0.3 is 0 Å². The SMILES string of the molecule is COc1cc(C(C)(C)c2cccs2)cc(O)c1-c1cc(Cl)cc(Cl)c1. The van der Waals surface area contributed by atoms with Crippen molar-refractivity contribution in [1.82, 2.24) is 0 Å². The summed E-state index contributed by atoms with van der Waals surface area (Å²) in [6.07, 6.45) is 0. The third-order valence-electron chi connectivity index (χ3n) is 4.31. The number of benzene rings is 2. The third-order valence-corrected chi connectivity index (χ3v) is 5.94. The molecule has 0 saturated carbocycles. The molecule has 0 atom stereocenters. The number of hydrogen-bond acceptors (Lipinski definition) is 3. The molecule has 3 aromatic rings. The highest BCUT2D eigenvalue weighted by Crippen LogP contribution is 2.45. The van der Waals surface area contributed by atoms with Crippen LogP contribution in [0.25, 0.3) is 11.1 Å². The van der Waals surface area contributed by atoms with Crippen molar-refractivity contribution < 1.29 is 9.84 Å². The molecule has 25 heavy (non-hydrogen) atoms. The molecule has 0 aliphatic heterocycles. The second-order valence-electron chi connectivity index (χ2n) is 6.33. The van der Waals surface area contributed by atoms with Crippen LogP contribution in [0.3, 0.4) is 0 Å². The highest BCUT2D eigenvalue weighted by atomic mass is 35.5. The Morgan fingerprint density at radius 1 is 1.04 bits per heavy atom. The van der Waals surface area contributed by atoms with Gasteiger partial charge in [-0.25, -0.2) is 0 Å². The topological polar surface area (TPSA) is 29.5 Å². The maximum atomic E-state index is 10.7. The second-order valence-corrected chi connectivity index (χ2v) is 8.15. The fraction of sp³-hybridized carbons (Fsp3) is 0.200. The highest BCUT2D eigenvalue weighted by Gasteiger charge is 2.27. The average Bonchev–Trinajstić information content (AvgIpc) is 3.08. The Bertz CT molecular complexity index is 882. The first-order valence-corrected chi connectivity index (χ1v) is 9.38. The zero-order valence-electron chi connectivity index (χ0n) is 14.1. The zero-order valence-corrected chi connectivity index (χ0v) is 16.5. The molecule has 0 aliphatic rings. The Morgan fingerprint density at radius 3 is 2.28 bits per heavy atom. The maximum absolute atomic E-state index is 10.7. The molecule has 0 spiro atoms. The standard InChI is InChI=1S/C20H18Cl2O2S/c1-20(2,18-5-4-6-25-18)13-9-16(23)19(17(10-13)24-3)12-7-14(21)11-15(22)8-12/h4-11,23H,1-3H3. The molecule has 0 amide bonds. The lowest BCUT2D eigenvalue weighted by molar-refractivity contribution is 0.408. The predicted octanol–water partition coefficient (Wildman–Crippen LogP) is 6.76. The minimum atomic E-state index is -0.247. The van der Waals surface area contributed by atoms with Crippen molar-refractivity contribution in [3.63, 3.8) is 0 Å². The highest BCUT2D eigenvalue weighted by molar-refractivity contribution is 7.10. The molecule has 0 aliphatic carbocycles. The van der Waals surface area contributed by atoms with Crippen LogP contribution in [0.2, 0.25) is 10.0 Å². The number of ether oxygens (including phenoxy) is 1. The molecular weight excluding hydrogens is 375 g/mol. The van der Waals surface area contributed by atoms with E-state index in [2.05, 4.69) is 25.3 Å². The van der Waals surface area contributed by atoms with Crippen molar-refractivity contribution in [1.29, 1.82) is 0 Å². The Morgan fingerprint density at radius 2 is 1.72 bits per heavy atom. The Hall–Kier alpha value is -1.68. The largest absolute Gasteiger partial charge is 0.507 e. The van der Waals surface area contributed by atoms with E-state index in [4.69, 9.17) is 27.9 Å². The fourth-order valence-electron chi connectivity index (χ4n) is 2.89. The summed E-state index contributed by atoms with van der Waals surface area (Å²) < 4.78 is 5.57. The second kappa shape index (κ2) is 6.91. The van der Waals surface area contributed by atoms with Gasteiger partial charge in [0.05, 0.1) is 12.7 Å². The molecule has 130 valence electrons. The maximum Gasteiger partial charge on any atom is 0.130 e. The zero-order chi connectivity index (χ0) is 18.2. The predicted molar refractivity (Wildman–Crippen MR) is 107 cm³/mol. The van der Waals surface area contributed by atoms with E-state index in [0.29, 0.717) is 26.9 Å². The van der Waals surface area contributed by atoms with Gasteiger partial charge in [0.2, 0.25) is 0 Å². The van der Waals surface area contributed by atoms with Crippen molar-refractivity contribution in [2.45, 2.75) is 19.3 Å². The molecule has 2 nitrogen and oxygen atoms in total. The molecule has 0 unspecified atom stereocenters. The van der Waals surface area contributed by atoms with Gasteiger partial charge in [-0.1, -0.05) is 43.1 Å². The molecule has 0 saturated heterocycles. The molecule has 3 rings (SSSR count). The molecule has 0 bridgehead atoms. The van der Waals surface area contributed by atoms with Gasteiger partial charge in [-0.05, 0) is 52.9 Å². The number of methoxy groups -OCH3 is 1. The normalized spacial score (nSPS) is 11.6. The quantitative estimate of drug-likeness (QED) is 0.531. The number of thiophene rings is 1. The van der Waals surface area contributed by atoms with Crippen LogP contribution in [0.5, 0.6) is 11.5 Å². The van der Waals surface area contributed by atoms with E-state index >= 15 is 0 Å². The van der Waals surface area contributed by atoms with Crippen LogP contribution in [0, 0.1) is 0 Å². The third kappa shape index (κ3) is 3.50. The van der Waals surface area contributed by atoms with Crippen molar-refractivity contribution in [2.24, 2.45) is 0 Å². The lowest BCUT2D eigenvalue weighted by Gasteiger charge is -2.26. The molecule has 0 fully saturated rings. The van der Waals surface area contributed by atoms with Gasteiger partial charge in [-0.15, -0.1) is 11.3 Å². The minimum absolute atomic E-state index is 0.136. The molecule has 5 heteroatoms. The smallest absolute Gasteiger partial charge is 0.130 e. The van der Waals surface area contributed by atoms with Gasteiger partial charge in [-0.3, -0.25) is 0 Å². The molecule has 1 N–H and O–H groups in total. The van der Waals surface area contributed by atoms with E-state index in [9.17, 15) is 5.11 Å². The number of phenols is 1. The van der Waals surface area contributed by atoms with Crippen molar-refractivity contribution in [2.75, 3.05) is 7.11 Å². The van der Waals surface area contributed by atoms with Gasteiger partial charge in [-0.2, -0.15) is 0 Å². The lowest BCUT2D eigenvalue weighted by Crippen LogP contribution is -2.17. The molecule has 2 aromatic carbocycles. The van der Waals surface area contributed by atoms with E-state index in [1.165, 1.54) is 4.88 Å². The molecular formula is C20H18Cl2O2S. The fourth-order valence-corrected chi connectivity index (χ4v) is 4.29. The van der Waals surface area contributed by atoms with E-state index in [-0.39, 0.29) is 11.2 Å². The van der Waals surface area contributed by atoms with Gasteiger partial charge in [0.1, 0.15) is 11.5 Å². The average molecular weight is 393 g/mol. The molecule has 1 heterocycles. The van der Waals surface area contributed by atoms with Gasteiger partial charge in [0.15, 0.2) is 0 Å². The van der Waals surface area contributed by atoms with E-state index in [1.54, 1.807) is 42.7 Å². The van der Waals surface area contributed by atoms with Crippen LogP contribution in [0.4, 0.5) is 0 Å². The first-order valence-electron chi connectivity index (χ1n) is 7.75. The van der Waals surface area contributed by atoms with Gasteiger partial charge in [0, 0.05) is 20.3 Å². The summed E-state index contributed by atoms with van der Waals surface area (Å²) in [5.41, 5.74) is 2.02. The summed E-state index contributed by atoms with van der Waals surface area (Å²) in [6.45, 7) is 4.26. The lowest BCUT2D eigenvalue weighted by atomic mass is 9.82. The number of phenolic OH excluding ortho intramolecular Hbond substituents is 1. The Balaban J connectivity index is 2.17. The Kier molecular flexibility index (Phi) is 5.01. The first kappa shape index (κ1) is 18.1. The Labute approximate surface area is 161 Å². The van der Waals surface area contributed by atoms with Crippen LogP contribution >= 0.6 is 34.5 Å². The van der Waals surface area contributed by atoms with Crippen molar-refractivity contribution >= 4 is 34.5 Å². The van der Waals surface area contributed by atoms with Crippen LogP contribution in [-0.2, 0) is 5.41 Å². The summed E-state index contributed by atoms with van der Waals surface area (Å²) in [5.74, 6) is 0.718. The van der Waals surface area contributed by atoms with E-state index < -0.39 is 0 Å². The number of hydrogen-bond donors (Lipinski definition) is 1. The minimum Gasteiger partial charge on any atom is -0.507 e. The van der Waals surface area contributed by atoms with E-state index in [0.717, 1.165) is 5.56 Å². The van der Waals surface area contributed by atoms with Gasteiger partial charge < -0.3 is 9.84 Å². The number of aromatic hydroxyl groups is 1. The molecule has 1 aromatic heterocycles. The summed E-state index contributed by atoms with van der Waals surface area (Å²) in [7, 11) is 1.59. The summed E-state index contributed by atoms with van der Waals surface area (Å²) >= 11 is 13.9. The number of halogens is 2.